The van der Waals surface area contributed by atoms with Crippen molar-refractivity contribution in [3.63, 3.8) is 0 Å². The molecule has 0 atom stereocenters. The molecule has 0 aliphatic carbocycles. The van der Waals surface area contributed by atoms with Gasteiger partial charge in [-0.1, -0.05) is 29.8 Å². The second-order valence-corrected chi connectivity index (χ2v) is 7.43. The maximum Gasteiger partial charge on any atom is 0.280 e. The molecule has 0 amide bonds. The van der Waals surface area contributed by atoms with Crippen LogP contribution in [0.4, 0.5) is 0 Å². The van der Waals surface area contributed by atoms with Gasteiger partial charge in [0.15, 0.2) is 0 Å². The molecular formula is C17H16ClN3O3S. The van der Waals surface area contributed by atoms with Crippen LogP contribution in [0, 0.1) is 0 Å². The van der Waals surface area contributed by atoms with Crippen molar-refractivity contribution in [2.75, 3.05) is 7.11 Å². The van der Waals surface area contributed by atoms with Crippen molar-refractivity contribution >= 4 is 38.7 Å². The van der Waals surface area contributed by atoms with E-state index in [0.29, 0.717) is 5.02 Å². The Morgan fingerprint density at radius 3 is 2.76 bits per heavy atom. The lowest BCUT2D eigenvalue weighted by Gasteiger charge is -2.09. The van der Waals surface area contributed by atoms with E-state index in [4.69, 9.17) is 16.3 Å². The normalized spacial score (nSPS) is 12.0. The molecule has 3 rings (SSSR count). The standard InChI is InChI=1S/C17H16ClN3O3S/c1-21-11-12(14-5-3-4-6-15(14)21)10-19-20-25(22,23)17-9-13(18)7-8-16(17)24-2/h3-11,20H,1-2H3/b19-10+. The van der Waals surface area contributed by atoms with Crippen molar-refractivity contribution < 1.29 is 13.2 Å². The van der Waals surface area contributed by atoms with Crippen LogP contribution in [-0.4, -0.2) is 26.3 Å². The van der Waals surface area contributed by atoms with E-state index >= 15 is 0 Å². The van der Waals surface area contributed by atoms with Crippen molar-refractivity contribution in [1.82, 2.24) is 9.40 Å². The fourth-order valence-corrected chi connectivity index (χ4v) is 3.78. The highest BCUT2D eigenvalue weighted by Crippen LogP contribution is 2.26. The van der Waals surface area contributed by atoms with Crippen LogP contribution in [0.15, 0.2) is 58.7 Å². The minimum absolute atomic E-state index is 0.0717. The Morgan fingerprint density at radius 2 is 2.00 bits per heavy atom. The number of rotatable bonds is 5. The van der Waals surface area contributed by atoms with Crippen molar-refractivity contribution in [1.29, 1.82) is 0 Å². The molecule has 0 unspecified atom stereocenters. The molecule has 3 aromatic rings. The van der Waals surface area contributed by atoms with Crippen LogP contribution in [0.3, 0.4) is 0 Å². The van der Waals surface area contributed by atoms with Gasteiger partial charge in [0.1, 0.15) is 10.6 Å². The van der Waals surface area contributed by atoms with Gasteiger partial charge in [-0.3, -0.25) is 0 Å². The van der Waals surface area contributed by atoms with Gasteiger partial charge in [-0.25, -0.2) is 0 Å². The second kappa shape index (κ2) is 6.78. The van der Waals surface area contributed by atoms with Crippen LogP contribution in [0.1, 0.15) is 5.56 Å². The number of hydrogen-bond acceptors (Lipinski definition) is 4. The summed E-state index contributed by atoms with van der Waals surface area (Å²) in [5.41, 5.74) is 1.84. The lowest BCUT2D eigenvalue weighted by atomic mass is 10.2. The van der Waals surface area contributed by atoms with Crippen molar-refractivity contribution in [2.24, 2.45) is 12.1 Å². The predicted molar refractivity (Wildman–Crippen MR) is 98.8 cm³/mol. The highest BCUT2D eigenvalue weighted by atomic mass is 35.5. The van der Waals surface area contributed by atoms with Crippen LogP contribution in [0.5, 0.6) is 5.75 Å². The largest absolute Gasteiger partial charge is 0.495 e. The van der Waals surface area contributed by atoms with Gasteiger partial charge in [0, 0.05) is 34.7 Å². The van der Waals surface area contributed by atoms with Gasteiger partial charge in [-0.2, -0.15) is 18.4 Å². The van der Waals surface area contributed by atoms with Crippen molar-refractivity contribution in [2.45, 2.75) is 4.90 Å². The maximum absolute atomic E-state index is 12.5. The fraction of sp³-hybridized carbons (Fsp3) is 0.118. The van der Waals surface area contributed by atoms with E-state index in [1.54, 1.807) is 6.07 Å². The van der Waals surface area contributed by atoms with Gasteiger partial charge >= 0.3 is 0 Å². The van der Waals surface area contributed by atoms with Crippen LogP contribution < -0.4 is 9.57 Å². The van der Waals surface area contributed by atoms with Gasteiger partial charge in [0.2, 0.25) is 0 Å². The molecule has 8 heteroatoms. The number of para-hydroxylation sites is 1. The Balaban J connectivity index is 1.89. The summed E-state index contributed by atoms with van der Waals surface area (Å²) in [5.74, 6) is 0.192. The highest BCUT2D eigenvalue weighted by molar-refractivity contribution is 7.89. The third-order valence-electron chi connectivity index (χ3n) is 3.72. The number of ether oxygens (including phenoxy) is 1. The SMILES string of the molecule is COc1ccc(Cl)cc1S(=O)(=O)N/N=C/c1cn(C)c2ccccc12. The first-order chi connectivity index (χ1) is 11.9. The summed E-state index contributed by atoms with van der Waals surface area (Å²) in [6.45, 7) is 0. The second-order valence-electron chi connectivity index (χ2n) is 5.36. The van der Waals surface area contributed by atoms with Gasteiger partial charge in [0.05, 0.1) is 13.3 Å². The lowest BCUT2D eigenvalue weighted by molar-refractivity contribution is 0.402. The zero-order chi connectivity index (χ0) is 18.0. The highest BCUT2D eigenvalue weighted by Gasteiger charge is 2.19. The molecule has 130 valence electrons. The molecule has 0 spiro atoms. The Morgan fingerprint density at radius 1 is 1.24 bits per heavy atom. The third-order valence-corrected chi connectivity index (χ3v) is 5.20. The molecule has 6 nitrogen and oxygen atoms in total. The van der Waals surface area contributed by atoms with Crippen molar-refractivity contribution in [3.8, 4) is 5.75 Å². The van der Waals surface area contributed by atoms with E-state index in [1.165, 1.54) is 25.5 Å². The fourth-order valence-electron chi connectivity index (χ4n) is 2.55. The van der Waals surface area contributed by atoms with E-state index in [9.17, 15) is 8.42 Å². The molecule has 0 aliphatic heterocycles. The smallest absolute Gasteiger partial charge is 0.280 e. The molecule has 0 saturated carbocycles. The number of sulfonamides is 1. The first-order valence-corrected chi connectivity index (χ1v) is 9.21. The molecule has 2 aromatic carbocycles. The van der Waals surface area contributed by atoms with E-state index in [-0.39, 0.29) is 10.6 Å². The number of hydrazone groups is 1. The quantitative estimate of drug-likeness (QED) is 0.548. The van der Waals surface area contributed by atoms with E-state index < -0.39 is 10.0 Å². The summed E-state index contributed by atoms with van der Waals surface area (Å²) in [7, 11) is -0.598. The van der Waals surface area contributed by atoms with E-state index in [0.717, 1.165) is 16.5 Å². The Hall–Kier alpha value is -2.51. The van der Waals surface area contributed by atoms with Gasteiger partial charge in [-0.05, 0) is 24.3 Å². The number of methoxy groups -OCH3 is 1. The number of fused-ring (bicyclic) bond motifs is 1. The molecule has 1 aromatic heterocycles. The lowest BCUT2D eigenvalue weighted by Crippen LogP contribution is -2.19. The number of aromatic nitrogens is 1. The van der Waals surface area contributed by atoms with E-state index in [1.807, 2.05) is 42.1 Å². The number of nitrogens with one attached hydrogen (secondary N) is 1. The molecule has 0 radical (unpaired) electrons. The first-order valence-electron chi connectivity index (χ1n) is 7.35. The molecule has 1 N–H and O–H groups in total. The number of benzene rings is 2. The Bertz CT molecular complexity index is 1060. The molecule has 0 saturated heterocycles. The molecule has 0 aliphatic rings. The zero-order valence-electron chi connectivity index (χ0n) is 13.6. The molecule has 25 heavy (non-hydrogen) atoms. The minimum atomic E-state index is -3.91. The Labute approximate surface area is 150 Å². The summed E-state index contributed by atoms with van der Waals surface area (Å²) in [6, 6.07) is 12.1. The van der Waals surface area contributed by atoms with Gasteiger partial charge < -0.3 is 9.30 Å². The average molecular weight is 378 g/mol. The first kappa shape index (κ1) is 17.3. The zero-order valence-corrected chi connectivity index (χ0v) is 15.2. The Kier molecular flexibility index (Phi) is 4.69. The minimum Gasteiger partial charge on any atom is -0.495 e. The van der Waals surface area contributed by atoms with Crippen LogP contribution in [-0.2, 0) is 17.1 Å². The predicted octanol–water partition coefficient (Wildman–Crippen LogP) is 3.15. The molecule has 0 bridgehead atoms. The number of halogens is 1. The summed E-state index contributed by atoms with van der Waals surface area (Å²) in [5, 5.41) is 5.15. The number of nitrogens with zero attached hydrogens (tertiary/aromatic N) is 2. The summed E-state index contributed by atoms with van der Waals surface area (Å²) >= 11 is 5.89. The average Bonchev–Trinajstić information content (AvgIpc) is 2.91. The topological polar surface area (TPSA) is 72.7 Å². The van der Waals surface area contributed by atoms with E-state index in [2.05, 4.69) is 9.93 Å². The van der Waals surface area contributed by atoms with Crippen molar-refractivity contribution in [3.05, 3.63) is 59.2 Å². The number of aryl methyl sites for hydroxylation is 1. The monoisotopic (exact) mass is 377 g/mol. The summed E-state index contributed by atoms with van der Waals surface area (Å²) in [4.78, 5) is 2.12. The molecule has 1 heterocycles. The van der Waals surface area contributed by atoms with Gasteiger partial charge in [0.25, 0.3) is 10.0 Å². The van der Waals surface area contributed by atoms with Crippen LogP contribution >= 0.6 is 11.6 Å². The van der Waals surface area contributed by atoms with Crippen LogP contribution in [0.25, 0.3) is 10.9 Å². The summed E-state index contributed by atoms with van der Waals surface area (Å²) in [6.07, 6.45) is 3.35. The third kappa shape index (κ3) is 3.47. The molecule has 0 fully saturated rings. The van der Waals surface area contributed by atoms with Crippen LogP contribution in [0.2, 0.25) is 5.02 Å². The number of hydrogen-bond donors (Lipinski definition) is 1. The van der Waals surface area contributed by atoms with Gasteiger partial charge in [-0.15, -0.1) is 0 Å². The maximum atomic E-state index is 12.5. The summed E-state index contributed by atoms with van der Waals surface area (Å²) < 4.78 is 31.9. The molecular weight excluding hydrogens is 362 g/mol.